The molecular weight excluding hydrogens is 320 g/mol. The minimum absolute atomic E-state index is 0.280. The van der Waals surface area contributed by atoms with Gasteiger partial charge in [0.2, 0.25) is 0 Å². The summed E-state index contributed by atoms with van der Waals surface area (Å²) in [5.74, 6) is -1.44. The van der Waals surface area contributed by atoms with Gasteiger partial charge in [0, 0.05) is 16.5 Å². The zero-order valence-corrected chi connectivity index (χ0v) is 12.9. The molecule has 0 N–H and O–H groups in total. The molecule has 1 saturated heterocycles. The molecule has 1 fully saturated rings. The van der Waals surface area contributed by atoms with Gasteiger partial charge < -0.3 is 14.2 Å². The lowest BCUT2D eigenvalue weighted by atomic mass is 9.94. The summed E-state index contributed by atoms with van der Waals surface area (Å²) >= 11 is 0. The first-order valence-corrected chi connectivity index (χ1v) is 8.23. The third-order valence-corrected chi connectivity index (χ3v) is 5.60. The monoisotopic (exact) mass is 332 g/mol. The Labute approximate surface area is 134 Å². The van der Waals surface area contributed by atoms with Crippen molar-refractivity contribution in [3.05, 3.63) is 53.3 Å². The summed E-state index contributed by atoms with van der Waals surface area (Å²) in [6.07, 6.45) is 1.92. The van der Waals surface area contributed by atoms with Gasteiger partial charge in [-0.05, 0) is 18.6 Å². The van der Waals surface area contributed by atoms with Gasteiger partial charge in [-0.25, -0.2) is 9.59 Å². The van der Waals surface area contributed by atoms with Crippen molar-refractivity contribution in [1.82, 2.24) is 0 Å². The smallest absolute Gasteiger partial charge is 0.339 e. The van der Waals surface area contributed by atoms with Gasteiger partial charge in [-0.1, -0.05) is 18.2 Å². The summed E-state index contributed by atoms with van der Waals surface area (Å²) < 4.78 is 28.0. The van der Waals surface area contributed by atoms with Gasteiger partial charge in [-0.2, -0.15) is 0 Å². The first-order valence-electron chi connectivity index (χ1n) is 7.01. The SMILES string of the molecule is CC1=CC(O/C=C2/C(=O)OC3C2c2ccccc2S3=O)OC1=O. The highest BCUT2D eigenvalue weighted by atomic mass is 32.2. The van der Waals surface area contributed by atoms with Crippen LogP contribution < -0.4 is 0 Å². The van der Waals surface area contributed by atoms with E-state index in [4.69, 9.17) is 14.2 Å². The van der Waals surface area contributed by atoms with Crippen molar-refractivity contribution >= 4 is 22.7 Å². The van der Waals surface area contributed by atoms with Crippen LogP contribution in [-0.2, 0) is 34.6 Å². The molecule has 118 valence electrons. The Morgan fingerprint density at radius 3 is 2.70 bits per heavy atom. The highest BCUT2D eigenvalue weighted by Crippen LogP contribution is 2.47. The highest BCUT2D eigenvalue weighted by molar-refractivity contribution is 7.86. The van der Waals surface area contributed by atoms with Crippen LogP contribution >= 0.6 is 0 Å². The molecule has 1 aromatic carbocycles. The third kappa shape index (κ3) is 2.11. The molecule has 3 aliphatic heterocycles. The molecule has 3 aliphatic rings. The maximum absolute atomic E-state index is 12.4. The largest absolute Gasteiger partial charge is 0.458 e. The van der Waals surface area contributed by atoms with E-state index in [9.17, 15) is 13.8 Å². The van der Waals surface area contributed by atoms with E-state index in [0.29, 0.717) is 10.5 Å². The molecule has 4 rings (SSSR count). The fourth-order valence-corrected chi connectivity index (χ4v) is 4.48. The Morgan fingerprint density at radius 1 is 1.17 bits per heavy atom. The molecule has 7 heteroatoms. The number of carbonyl (C=O) groups is 2. The molecule has 4 atom stereocenters. The van der Waals surface area contributed by atoms with Crippen LogP contribution in [0.3, 0.4) is 0 Å². The number of esters is 2. The first-order chi connectivity index (χ1) is 11.1. The second kappa shape index (κ2) is 5.06. The van der Waals surface area contributed by atoms with Gasteiger partial charge in [-0.3, -0.25) is 4.21 Å². The number of hydrogen-bond donors (Lipinski definition) is 0. The average Bonchev–Trinajstić information content (AvgIpc) is 3.12. The van der Waals surface area contributed by atoms with Gasteiger partial charge in [0.25, 0.3) is 6.29 Å². The van der Waals surface area contributed by atoms with Crippen molar-refractivity contribution in [3.63, 3.8) is 0 Å². The molecule has 0 aliphatic carbocycles. The van der Waals surface area contributed by atoms with Crippen LogP contribution in [0.5, 0.6) is 0 Å². The maximum Gasteiger partial charge on any atom is 0.339 e. The third-order valence-electron chi connectivity index (χ3n) is 4.01. The summed E-state index contributed by atoms with van der Waals surface area (Å²) in [5, 5.41) is 0. The Morgan fingerprint density at radius 2 is 1.96 bits per heavy atom. The Balaban J connectivity index is 1.65. The predicted octanol–water partition coefficient (Wildman–Crippen LogP) is 1.50. The number of rotatable bonds is 2. The standard InChI is InChI=1S/C16H12O6S/c1-8-6-12(21-14(8)17)20-7-10-13-9-4-2-3-5-11(9)23(19)16(13)22-15(10)18/h2-7,12-13,16H,1H3/b10-7+. The van der Waals surface area contributed by atoms with Crippen LogP contribution in [0.4, 0.5) is 0 Å². The van der Waals surface area contributed by atoms with E-state index in [-0.39, 0.29) is 5.57 Å². The van der Waals surface area contributed by atoms with Gasteiger partial charge >= 0.3 is 11.9 Å². The topological polar surface area (TPSA) is 78.9 Å². The van der Waals surface area contributed by atoms with Crippen molar-refractivity contribution in [1.29, 1.82) is 0 Å². The first kappa shape index (κ1) is 14.2. The van der Waals surface area contributed by atoms with Crippen molar-refractivity contribution in [3.8, 4) is 0 Å². The predicted molar refractivity (Wildman–Crippen MR) is 78.3 cm³/mol. The van der Waals surface area contributed by atoms with Crippen LogP contribution in [0.25, 0.3) is 0 Å². The second-order valence-corrected chi connectivity index (χ2v) is 6.92. The minimum atomic E-state index is -1.40. The zero-order valence-electron chi connectivity index (χ0n) is 12.1. The highest BCUT2D eigenvalue weighted by Gasteiger charge is 2.51. The van der Waals surface area contributed by atoms with Crippen molar-refractivity contribution in [2.75, 3.05) is 0 Å². The molecule has 6 nitrogen and oxygen atoms in total. The zero-order chi connectivity index (χ0) is 16.1. The molecule has 0 aromatic heterocycles. The van der Waals surface area contributed by atoms with Crippen LogP contribution in [0, 0.1) is 0 Å². The Bertz CT molecular complexity index is 809. The number of carbonyl (C=O) groups excluding carboxylic acids is 2. The van der Waals surface area contributed by atoms with E-state index in [1.165, 1.54) is 12.3 Å². The summed E-state index contributed by atoms with van der Waals surface area (Å²) in [6, 6.07) is 7.21. The Hall–Kier alpha value is -2.41. The molecule has 4 unspecified atom stereocenters. The van der Waals surface area contributed by atoms with Gasteiger partial charge in [-0.15, -0.1) is 0 Å². The lowest BCUT2D eigenvalue weighted by Gasteiger charge is -2.10. The summed E-state index contributed by atoms with van der Waals surface area (Å²) in [7, 11) is -1.40. The van der Waals surface area contributed by atoms with Gasteiger partial charge in [0.05, 0.1) is 28.6 Å². The summed E-state index contributed by atoms with van der Waals surface area (Å²) in [5.41, 5.74) is 0.805. The quantitative estimate of drug-likeness (QED) is 0.464. The van der Waals surface area contributed by atoms with E-state index in [0.717, 1.165) is 5.56 Å². The molecule has 3 heterocycles. The normalized spacial score (nSPS) is 33.1. The van der Waals surface area contributed by atoms with Crippen molar-refractivity contribution in [2.45, 2.75) is 29.5 Å². The second-order valence-electron chi connectivity index (χ2n) is 5.42. The lowest BCUT2D eigenvalue weighted by Crippen LogP contribution is -2.13. The molecule has 23 heavy (non-hydrogen) atoms. The molecule has 0 spiro atoms. The Kier molecular flexibility index (Phi) is 3.12. The fourth-order valence-electron chi connectivity index (χ4n) is 2.88. The van der Waals surface area contributed by atoms with Crippen molar-refractivity contribution < 1.29 is 28.0 Å². The van der Waals surface area contributed by atoms with E-state index in [2.05, 4.69) is 0 Å². The van der Waals surface area contributed by atoms with Crippen LogP contribution in [0.1, 0.15) is 18.4 Å². The van der Waals surface area contributed by atoms with Crippen LogP contribution in [0.15, 0.2) is 52.6 Å². The molecule has 0 bridgehead atoms. The minimum Gasteiger partial charge on any atom is -0.458 e. The number of benzene rings is 1. The van der Waals surface area contributed by atoms with Crippen LogP contribution in [0.2, 0.25) is 0 Å². The van der Waals surface area contributed by atoms with Crippen molar-refractivity contribution in [2.24, 2.45) is 0 Å². The lowest BCUT2D eigenvalue weighted by molar-refractivity contribution is -0.152. The number of fused-ring (bicyclic) bond motifs is 3. The van der Waals surface area contributed by atoms with Gasteiger partial charge in [0.1, 0.15) is 0 Å². The number of cyclic esters (lactones) is 1. The summed E-state index contributed by atoms with van der Waals surface area (Å²) in [6.45, 7) is 1.62. The number of ether oxygens (including phenoxy) is 3. The molecular formula is C16H12O6S. The molecule has 0 amide bonds. The van der Waals surface area contributed by atoms with E-state index < -0.39 is 40.4 Å². The van der Waals surface area contributed by atoms with E-state index >= 15 is 0 Å². The maximum atomic E-state index is 12.4. The molecule has 0 saturated carbocycles. The van der Waals surface area contributed by atoms with Crippen LogP contribution in [-0.4, -0.2) is 27.9 Å². The number of hydrogen-bond acceptors (Lipinski definition) is 6. The van der Waals surface area contributed by atoms with Gasteiger partial charge in [0.15, 0.2) is 5.44 Å². The average molecular weight is 332 g/mol. The molecule has 0 radical (unpaired) electrons. The van der Waals surface area contributed by atoms with E-state index in [1.54, 1.807) is 19.1 Å². The summed E-state index contributed by atoms with van der Waals surface area (Å²) in [4.78, 5) is 24.0. The molecule has 1 aromatic rings. The van der Waals surface area contributed by atoms with E-state index in [1.807, 2.05) is 12.1 Å². The fraction of sp³-hybridized carbons (Fsp3) is 0.250.